The van der Waals surface area contributed by atoms with Crippen LogP contribution < -0.4 is 10.1 Å². The minimum atomic E-state index is -0.485. The molecule has 1 unspecified atom stereocenters. The maximum atomic E-state index is 12.9. The van der Waals surface area contributed by atoms with E-state index >= 15 is 0 Å². The number of rotatable bonds is 5. The van der Waals surface area contributed by atoms with Crippen molar-refractivity contribution >= 4 is 17.5 Å². The van der Waals surface area contributed by atoms with Crippen LogP contribution in [0, 0.1) is 5.82 Å². The number of likely N-dealkylation sites (N-methyl/N-ethyl adjacent to an activating group) is 1. The first-order valence-corrected chi connectivity index (χ1v) is 8.06. The van der Waals surface area contributed by atoms with Crippen LogP contribution in [0.2, 0.25) is 0 Å². The van der Waals surface area contributed by atoms with Gasteiger partial charge in [0.2, 0.25) is 11.8 Å². The van der Waals surface area contributed by atoms with Crippen LogP contribution in [-0.2, 0) is 9.59 Å². The molecule has 2 aromatic carbocycles. The second-order valence-corrected chi connectivity index (χ2v) is 5.95. The summed E-state index contributed by atoms with van der Waals surface area (Å²) in [6.07, 6.45) is 0.138. The minimum absolute atomic E-state index is 0.120. The van der Waals surface area contributed by atoms with Gasteiger partial charge in [-0.2, -0.15) is 0 Å². The van der Waals surface area contributed by atoms with Crippen molar-refractivity contribution in [3.63, 3.8) is 0 Å². The van der Waals surface area contributed by atoms with E-state index in [9.17, 15) is 14.0 Å². The highest BCUT2D eigenvalue weighted by Crippen LogP contribution is 2.33. The van der Waals surface area contributed by atoms with Crippen LogP contribution in [0.3, 0.4) is 0 Å². The van der Waals surface area contributed by atoms with Crippen LogP contribution in [0.15, 0.2) is 48.5 Å². The topological polar surface area (TPSA) is 58.6 Å². The molecule has 6 heteroatoms. The summed E-state index contributed by atoms with van der Waals surface area (Å²) in [6, 6.07) is 13.1. The summed E-state index contributed by atoms with van der Waals surface area (Å²) in [5, 5.41) is 2.79. The van der Waals surface area contributed by atoms with E-state index in [4.69, 9.17) is 4.74 Å². The molecular weight excluding hydrogens is 323 g/mol. The van der Waals surface area contributed by atoms with Gasteiger partial charge >= 0.3 is 0 Å². The van der Waals surface area contributed by atoms with Gasteiger partial charge in [-0.1, -0.05) is 18.2 Å². The largest absolute Gasteiger partial charge is 0.492 e. The number of anilines is 1. The standard InChI is InChI=1S/C19H19FN2O3/c1-22(10-11-25-14-8-6-13(20)7-9-14)19(24)16-12-18(23)21-17-5-3-2-4-15(16)17/h2-9,16H,10-12H2,1H3,(H,21,23). The van der Waals surface area contributed by atoms with E-state index in [1.807, 2.05) is 18.2 Å². The lowest BCUT2D eigenvalue weighted by Gasteiger charge is -2.28. The predicted octanol–water partition coefficient (Wildman–Crippen LogP) is 2.79. The first-order chi connectivity index (χ1) is 12.0. The summed E-state index contributed by atoms with van der Waals surface area (Å²) >= 11 is 0. The van der Waals surface area contributed by atoms with E-state index in [0.717, 1.165) is 5.56 Å². The molecule has 0 aliphatic carbocycles. The fourth-order valence-electron chi connectivity index (χ4n) is 2.84. The van der Waals surface area contributed by atoms with Crippen molar-refractivity contribution in [3.8, 4) is 5.75 Å². The van der Waals surface area contributed by atoms with E-state index < -0.39 is 5.92 Å². The van der Waals surface area contributed by atoms with Crippen LogP contribution in [0.5, 0.6) is 5.75 Å². The lowest BCUT2D eigenvalue weighted by atomic mass is 9.89. The first-order valence-electron chi connectivity index (χ1n) is 8.06. The minimum Gasteiger partial charge on any atom is -0.492 e. The second-order valence-electron chi connectivity index (χ2n) is 5.95. The molecule has 2 aromatic rings. The highest BCUT2D eigenvalue weighted by molar-refractivity contribution is 6.01. The summed E-state index contributed by atoms with van der Waals surface area (Å²) in [6.45, 7) is 0.658. The quantitative estimate of drug-likeness (QED) is 0.909. The summed E-state index contributed by atoms with van der Waals surface area (Å²) in [4.78, 5) is 26.1. The Kier molecular flexibility index (Phi) is 4.97. The number of hydrogen-bond acceptors (Lipinski definition) is 3. The van der Waals surface area contributed by atoms with Gasteiger partial charge in [-0.05, 0) is 35.9 Å². The number of ether oxygens (including phenoxy) is 1. The van der Waals surface area contributed by atoms with Crippen molar-refractivity contribution in [2.45, 2.75) is 12.3 Å². The number of nitrogens with one attached hydrogen (secondary N) is 1. The number of nitrogens with zero attached hydrogens (tertiary/aromatic N) is 1. The fourth-order valence-corrected chi connectivity index (χ4v) is 2.84. The molecule has 5 nitrogen and oxygen atoms in total. The highest BCUT2D eigenvalue weighted by atomic mass is 19.1. The van der Waals surface area contributed by atoms with Gasteiger partial charge in [-0.15, -0.1) is 0 Å². The Hall–Kier alpha value is -2.89. The Morgan fingerprint density at radius 1 is 1.24 bits per heavy atom. The van der Waals surface area contributed by atoms with Crippen molar-refractivity contribution in [2.24, 2.45) is 0 Å². The zero-order valence-corrected chi connectivity index (χ0v) is 13.9. The zero-order chi connectivity index (χ0) is 17.8. The SMILES string of the molecule is CN(CCOc1ccc(F)cc1)C(=O)C1CC(=O)Nc2ccccc21. The molecule has 1 aliphatic heterocycles. The molecule has 1 aliphatic rings. The van der Waals surface area contributed by atoms with Crippen molar-refractivity contribution in [1.29, 1.82) is 0 Å². The van der Waals surface area contributed by atoms with Crippen molar-refractivity contribution < 1.29 is 18.7 Å². The van der Waals surface area contributed by atoms with E-state index in [-0.39, 0.29) is 30.7 Å². The molecule has 1 heterocycles. The molecule has 0 saturated heterocycles. The average Bonchev–Trinajstić information content (AvgIpc) is 2.62. The predicted molar refractivity (Wildman–Crippen MR) is 92.0 cm³/mol. The molecule has 0 aromatic heterocycles. The fraction of sp³-hybridized carbons (Fsp3) is 0.263. The van der Waals surface area contributed by atoms with Crippen LogP contribution in [0.4, 0.5) is 10.1 Å². The molecule has 3 rings (SSSR count). The van der Waals surface area contributed by atoms with Gasteiger partial charge in [-0.25, -0.2) is 4.39 Å². The Bertz CT molecular complexity index is 776. The van der Waals surface area contributed by atoms with E-state index in [0.29, 0.717) is 18.0 Å². The van der Waals surface area contributed by atoms with Gasteiger partial charge in [-0.3, -0.25) is 9.59 Å². The Labute approximate surface area is 145 Å². The summed E-state index contributed by atoms with van der Waals surface area (Å²) in [5.74, 6) is -0.544. The van der Waals surface area contributed by atoms with Crippen LogP contribution in [0.25, 0.3) is 0 Å². The van der Waals surface area contributed by atoms with E-state index in [2.05, 4.69) is 5.32 Å². The summed E-state index contributed by atoms with van der Waals surface area (Å²) in [5.41, 5.74) is 1.52. The summed E-state index contributed by atoms with van der Waals surface area (Å²) in [7, 11) is 1.69. The van der Waals surface area contributed by atoms with E-state index in [1.165, 1.54) is 12.1 Å². The van der Waals surface area contributed by atoms with Crippen LogP contribution >= 0.6 is 0 Å². The Morgan fingerprint density at radius 2 is 1.96 bits per heavy atom. The molecule has 0 bridgehead atoms. The Morgan fingerprint density at radius 3 is 2.72 bits per heavy atom. The van der Waals surface area contributed by atoms with Gasteiger partial charge < -0.3 is 15.0 Å². The van der Waals surface area contributed by atoms with E-state index in [1.54, 1.807) is 30.1 Å². The maximum absolute atomic E-state index is 12.9. The third kappa shape index (κ3) is 3.96. The molecular formula is C19H19FN2O3. The molecule has 0 spiro atoms. The summed E-state index contributed by atoms with van der Waals surface area (Å²) < 4.78 is 18.4. The van der Waals surface area contributed by atoms with Gasteiger partial charge in [0.05, 0.1) is 12.5 Å². The van der Waals surface area contributed by atoms with Crippen molar-refractivity contribution in [1.82, 2.24) is 4.90 Å². The number of carbonyl (C=O) groups excluding carboxylic acids is 2. The maximum Gasteiger partial charge on any atom is 0.230 e. The number of carbonyl (C=O) groups is 2. The smallest absolute Gasteiger partial charge is 0.230 e. The molecule has 0 fully saturated rings. The lowest BCUT2D eigenvalue weighted by Crippen LogP contribution is -2.38. The molecule has 0 radical (unpaired) electrons. The second kappa shape index (κ2) is 7.34. The number of halogens is 1. The monoisotopic (exact) mass is 342 g/mol. The molecule has 25 heavy (non-hydrogen) atoms. The molecule has 1 N–H and O–H groups in total. The molecule has 0 saturated carbocycles. The lowest BCUT2D eigenvalue weighted by molar-refractivity contribution is -0.134. The highest BCUT2D eigenvalue weighted by Gasteiger charge is 2.32. The number of amides is 2. The third-order valence-corrected chi connectivity index (χ3v) is 4.18. The number of para-hydroxylation sites is 1. The van der Waals surface area contributed by atoms with Gasteiger partial charge in [0, 0.05) is 19.2 Å². The van der Waals surface area contributed by atoms with Gasteiger partial charge in [0.25, 0.3) is 0 Å². The Balaban J connectivity index is 1.60. The zero-order valence-electron chi connectivity index (χ0n) is 13.9. The normalized spacial score (nSPS) is 15.9. The van der Waals surface area contributed by atoms with Crippen LogP contribution in [-0.4, -0.2) is 36.9 Å². The number of benzene rings is 2. The molecule has 2 amide bonds. The third-order valence-electron chi connectivity index (χ3n) is 4.18. The van der Waals surface area contributed by atoms with Gasteiger partial charge in [0.15, 0.2) is 0 Å². The average molecular weight is 342 g/mol. The number of hydrogen-bond donors (Lipinski definition) is 1. The first kappa shape index (κ1) is 17.0. The molecule has 130 valence electrons. The number of fused-ring (bicyclic) bond motifs is 1. The van der Waals surface area contributed by atoms with Gasteiger partial charge in [0.1, 0.15) is 18.2 Å². The van der Waals surface area contributed by atoms with Crippen LogP contribution in [0.1, 0.15) is 17.9 Å². The van der Waals surface area contributed by atoms with Crippen molar-refractivity contribution in [3.05, 3.63) is 59.9 Å². The molecule has 1 atom stereocenters. The van der Waals surface area contributed by atoms with Crippen molar-refractivity contribution in [2.75, 3.05) is 25.5 Å².